The van der Waals surface area contributed by atoms with Crippen LogP contribution in [-0.4, -0.2) is 24.4 Å². The van der Waals surface area contributed by atoms with E-state index in [1.54, 1.807) is 0 Å². The van der Waals surface area contributed by atoms with Gasteiger partial charge in [0, 0.05) is 0 Å². The van der Waals surface area contributed by atoms with E-state index in [-0.39, 0.29) is 0 Å². The van der Waals surface area contributed by atoms with Crippen molar-refractivity contribution in [2.75, 3.05) is 0 Å². The molecule has 0 aromatic heterocycles. The molecule has 0 N–H and O–H groups in total. The molecule has 0 aromatic carbocycles. The van der Waals surface area contributed by atoms with Crippen molar-refractivity contribution < 1.29 is 9.47 Å². The fourth-order valence-corrected chi connectivity index (χ4v) is 2.28. The topological polar surface area (TPSA) is 25.1 Å². The third-order valence-corrected chi connectivity index (χ3v) is 3.41. The molecule has 0 spiro atoms. The second-order valence-corrected chi connectivity index (χ2v) is 4.53. The van der Waals surface area contributed by atoms with Crippen LogP contribution in [0.5, 0.6) is 0 Å². The zero-order valence-electron chi connectivity index (χ0n) is 9.37. The van der Waals surface area contributed by atoms with Crippen LogP contribution in [0.15, 0.2) is 0 Å². The molecule has 4 atom stereocenters. The van der Waals surface area contributed by atoms with Gasteiger partial charge in [0.15, 0.2) is 0 Å². The van der Waals surface area contributed by atoms with Crippen LogP contribution in [0, 0.1) is 0 Å². The summed E-state index contributed by atoms with van der Waals surface area (Å²) in [6, 6.07) is 0. The summed E-state index contributed by atoms with van der Waals surface area (Å²) in [5, 5.41) is 0. The first kappa shape index (κ1) is 10.4. The summed E-state index contributed by atoms with van der Waals surface area (Å²) in [6.45, 7) is 4.41. The van der Waals surface area contributed by atoms with Crippen molar-refractivity contribution in [3.63, 3.8) is 0 Å². The highest BCUT2D eigenvalue weighted by Gasteiger charge is 2.37. The van der Waals surface area contributed by atoms with Crippen molar-refractivity contribution >= 4 is 0 Å². The lowest BCUT2D eigenvalue weighted by Gasteiger charge is -1.95. The zero-order valence-corrected chi connectivity index (χ0v) is 9.37. The Morgan fingerprint density at radius 3 is 1.43 bits per heavy atom. The van der Waals surface area contributed by atoms with Crippen LogP contribution in [0.1, 0.15) is 52.4 Å². The molecule has 2 heterocycles. The molecule has 0 saturated carbocycles. The standard InChI is InChI=1S/C12H22O2/c1-3-9-11(13-9)7-5-6-8-12-10(4-2)14-12/h9-12H,3-8H2,1-2H3. The van der Waals surface area contributed by atoms with E-state index >= 15 is 0 Å². The van der Waals surface area contributed by atoms with E-state index < -0.39 is 0 Å². The number of unbranched alkanes of at least 4 members (excludes halogenated alkanes) is 1. The maximum Gasteiger partial charge on any atom is 0.0841 e. The van der Waals surface area contributed by atoms with Crippen molar-refractivity contribution in [2.45, 2.75) is 76.8 Å². The Morgan fingerprint density at radius 1 is 0.714 bits per heavy atom. The average molecular weight is 198 g/mol. The van der Waals surface area contributed by atoms with Crippen LogP contribution in [0.4, 0.5) is 0 Å². The first-order chi connectivity index (χ1) is 6.85. The van der Waals surface area contributed by atoms with Gasteiger partial charge in [0.1, 0.15) is 0 Å². The van der Waals surface area contributed by atoms with Gasteiger partial charge in [-0.25, -0.2) is 0 Å². The molecule has 2 aliphatic rings. The molecule has 2 nitrogen and oxygen atoms in total. The summed E-state index contributed by atoms with van der Waals surface area (Å²) in [4.78, 5) is 0. The summed E-state index contributed by atoms with van der Waals surface area (Å²) < 4.78 is 11.0. The highest BCUT2D eigenvalue weighted by atomic mass is 16.6. The molecule has 0 aromatic rings. The number of ether oxygens (including phenoxy) is 2. The third-order valence-electron chi connectivity index (χ3n) is 3.41. The fraction of sp³-hybridized carbons (Fsp3) is 1.00. The first-order valence-corrected chi connectivity index (χ1v) is 6.16. The quantitative estimate of drug-likeness (QED) is 0.464. The highest BCUT2D eigenvalue weighted by molar-refractivity contribution is 4.85. The molecule has 2 aliphatic heterocycles. The van der Waals surface area contributed by atoms with Crippen LogP contribution in [0.25, 0.3) is 0 Å². The van der Waals surface area contributed by atoms with E-state index in [1.807, 2.05) is 0 Å². The van der Waals surface area contributed by atoms with Gasteiger partial charge in [-0.2, -0.15) is 0 Å². The molecule has 4 unspecified atom stereocenters. The Kier molecular flexibility index (Phi) is 3.45. The van der Waals surface area contributed by atoms with Gasteiger partial charge in [-0.1, -0.05) is 26.7 Å². The zero-order chi connectivity index (χ0) is 9.97. The number of hydrogen-bond donors (Lipinski definition) is 0. The van der Waals surface area contributed by atoms with Crippen molar-refractivity contribution in [1.82, 2.24) is 0 Å². The van der Waals surface area contributed by atoms with Gasteiger partial charge in [0.05, 0.1) is 24.4 Å². The predicted octanol–water partition coefficient (Wildman–Crippen LogP) is 2.90. The molecule has 82 valence electrons. The van der Waals surface area contributed by atoms with Gasteiger partial charge in [0.25, 0.3) is 0 Å². The molecule has 0 bridgehead atoms. The van der Waals surface area contributed by atoms with E-state index in [1.165, 1.54) is 38.5 Å². The second-order valence-electron chi connectivity index (χ2n) is 4.53. The van der Waals surface area contributed by atoms with Crippen molar-refractivity contribution in [3.05, 3.63) is 0 Å². The van der Waals surface area contributed by atoms with Crippen LogP contribution in [0.3, 0.4) is 0 Å². The smallest absolute Gasteiger partial charge is 0.0841 e. The van der Waals surface area contributed by atoms with E-state index in [0.717, 1.165) is 0 Å². The molecule has 2 heteroatoms. The second kappa shape index (κ2) is 4.63. The largest absolute Gasteiger partial charge is 0.370 e. The van der Waals surface area contributed by atoms with Gasteiger partial charge in [-0.05, 0) is 25.7 Å². The predicted molar refractivity (Wildman–Crippen MR) is 56.4 cm³/mol. The van der Waals surface area contributed by atoms with E-state index in [2.05, 4.69) is 13.8 Å². The summed E-state index contributed by atoms with van der Waals surface area (Å²) in [5.41, 5.74) is 0. The molecule has 2 saturated heterocycles. The number of epoxide rings is 2. The Morgan fingerprint density at radius 2 is 1.14 bits per heavy atom. The van der Waals surface area contributed by atoms with Crippen molar-refractivity contribution in [3.8, 4) is 0 Å². The normalized spacial score (nSPS) is 39.9. The van der Waals surface area contributed by atoms with Crippen molar-refractivity contribution in [1.29, 1.82) is 0 Å². The summed E-state index contributed by atoms with van der Waals surface area (Å²) in [5.74, 6) is 0. The number of rotatable bonds is 7. The molecule has 0 radical (unpaired) electrons. The summed E-state index contributed by atoms with van der Waals surface area (Å²) >= 11 is 0. The third kappa shape index (κ3) is 2.71. The van der Waals surface area contributed by atoms with Crippen LogP contribution in [-0.2, 0) is 9.47 Å². The van der Waals surface area contributed by atoms with Crippen molar-refractivity contribution in [2.24, 2.45) is 0 Å². The lowest BCUT2D eigenvalue weighted by molar-refractivity contribution is 0.343. The maximum atomic E-state index is 5.50. The van der Waals surface area contributed by atoms with Crippen LogP contribution >= 0.6 is 0 Å². The van der Waals surface area contributed by atoms with Gasteiger partial charge >= 0.3 is 0 Å². The first-order valence-electron chi connectivity index (χ1n) is 6.16. The summed E-state index contributed by atoms with van der Waals surface area (Å²) in [6.07, 6.45) is 9.93. The van der Waals surface area contributed by atoms with E-state index in [4.69, 9.17) is 9.47 Å². The van der Waals surface area contributed by atoms with Gasteiger partial charge in [-0.3, -0.25) is 0 Å². The SMILES string of the molecule is CCC1OC1CCCCC1OC1CC. The summed E-state index contributed by atoms with van der Waals surface area (Å²) in [7, 11) is 0. The van der Waals surface area contributed by atoms with E-state index in [0.29, 0.717) is 24.4 Å². The molecule has 0 aliphatic carbocycles. The minimum Gasteiger partial charge on any atom is -0.370 e. The van der Waals surface area contributed by atoms with Gasteiger partial charge in [0.2, 0.25) is 0 Å². The molecule has 2 fully saturated rings. The van der Waals surface area contributed by atoms with Crippen LogP contribution < -0.4 is 0 Å². The van der Waals surface area contributed by atoms with Crippen LogP contribution in [0.2, 0.25) is 0 Å². The molecule has 14 heavy (non-hydrogen) atoms. The minimum absolute atomic E-state index is 0.593. The monoisotopic (exact) mass is 198 g/mol. The van der Waals surface area contributed by atoms with E-state index in [9.17, 15) is 0 Å². The maximum absolute atomic E-state index is 5.50. The molecular weight excluding hydrogens is 176 g/mol. The molecule has 2 rings (SSSR count). The minimum atomic E-state index is 0.593. The Labute approximate surface area is 87.0 Å². The molecular formula is C12H22O2. The van der Waals surface area contributed by atoms with Gasteiger partial charge < -0.3 is 9.47 Å². The fourth-order valence-electron chi connectivity index (χ4n) is 2.28. The Balaban J connectivity index is 1.41. The highest BCUT2D eigenvalue weighted by Crippen LogP contribution is 2.32. The lowest BCUT2D eigenvalue weighted by atomic mass is 10.1. The lowest BCUT2D eigenvalue weighted by Crippen LogP contribution is -1.95. The Bertz CT molecular complexity index is 161. The molecule has 0 amide bonds. The number of hydrogen-bond acceptors (Lipinski definition) is 2. The Hall–Kier alpha value is -0.0800. The van der Waals surface area contributed by atoms with Gasteiger partial charge in [-0.15, -0.1) is 0 Å². The average Bonchev–Trinajstić information content (AvgIpc) is 3.08.